The Bertz CT molecular complexity index is 1370. The number of urea groups is 1. The van der Waals surface area contributed by atoms with E-state index in [9.17, 15) is 14.4 Å². The number of hydrogen-bond donors (Lipinski definition) is 2. The molecule has 0 radical (unpaired) electrons. The van der Waals surface area contributed by atoms with Crippen molar-refractivity contribution in [3.8, 4) is 0 Å². The minimum absolute atomic E-state index is 0.305. The highest BCUT2D eigenvalue weighted by molar-refractivity contribution is 6.00. The van der Waals surface area contributed by atoms with Gasteiger partial charge < -0.3 is 24.6 Å². The smallest absolute Gasteiger partial charge is 0.435 e. The third-order valence-electron chi connectivity index (χ3n) is 5.48. The van der Waals surface area contributed by atoms with Crippen LogP contribution in [0.5, 0.6) is 0 Å². The van der Waals surface area contributed by atoms with Crippen molar-refractivity contribution in [2.75, 3.05) is 41.7 Å². The molecule has 0 aromatic carbocycles. The molecule has 208 valence electrons. The topological polar surface area (TPSA) is 144 Å². The van der Waals surface area contributed by atoms with Gasteiger partial charge in [0.25, 0.3) is 0 Å². The monoisotopic (exact) mass is 538 g/mol. The molecule has 3 aromatic heterocycles. The Kier molecular flexibility index (Phi) is 7.61. The standard InChI is InChI=1S/C26H34N8O5/c1-25(2,3)38-23(36)33-11-9-32(10-12-33)21-8-7-17-14-27-20(13-19(17)30-21)31-22(35)29-18-15-28-34(16-18)24(37)39-26(4,5)6/h7-8,13-16H,9-12H2,1-6H3,(H2,27,29,31,35). The molecule has 0 unspecified atom stereocenters. The van der Waals surface area contributed by atoms with Crippen LogP contribution in [0.3, 0.4) is 0 Å². The predicted molar refractivity (Wildman–Crippen MR) is 146 cm³/mol. The molecule has 0 bridgehead atoms. The van der Waals surface area contributed by atoms with Crippen molar-refractivity contribution in [2.24, 2.45) is 0 Å². The molecule has 0 atom stereocenters. The zero-order valence-corrected chi connectivity index (χ0v) is 23.0. The van der Waals surface area contributed by atoms with Crippen LogP contribution in [0.4, 0.5) is 31.7 Å². The second kappa shape index (κ2) is 10.8. The number of nitrogens with zero attached hydrogens (tertiary/aromatic N) is 6. The van der Waals surface area contributed by atoms with E-state index in [0.717, 1.165) is 15.9 Å². The zero-order valence-electron chi connectivity index (χ0n) is 23.0. The van der Waals surface area contributed by atoms with Crippen molar-refractivity contribution >= 4 is 46.4 Å². The number of carbonyl (C=O) groups is 3. The van der Waals surface area contributed by atoms with E-state index in [4.69, 9.17) is 14.5 Å². The molecule has 2 N–H and O–H groups in total. The largest absolute Gasteiger partial charge is 0.444 e. The van der Waals surface area contributed by atoms with E-state index in [0.29, 0.717) is 43.2 Å². The van der Waals surface area contributed by atoms with Crippen molar-refractivity contribution in [3.05, 3.63) is 36.8 Å². The maximum Gasteiger partial charge on any atom is 0.435 e. The highest BCUT2D eigenvalue weighted by Gasteiger charge is 2.26. The number of ether oxygens (including phenoxy) is 2. The summed E-state index contributed by atoms with van der Waals surface area (Å²) < 4.78 is 11.7. The van der Waals surface area contributed by atoms with Gasteiger partial charge in [-0.1, -0.05) is 0 Å². The van der Waals surface area contributed by atoms with Gasteiger partial charge in [-0.15, -0.1) is 0 Å². The molecule has 13 heteroatoms. The molecule has 1 fully saturated rings. The van der Waals surface area contributed by atoms with Crippen molar-refractivity contribution in [2.45, 2.75) is 52.7 Å². The molecule has 4 heterocycles. The number of rotatable bonds is 3. The third kappa shape index (κ3) is 7.55. The van der Waals surface area contributed by atoms with Crippen LogP contribution in [0.2, 0.25) is 0 Å². The first-order valence-corrected chi connectivity index (χ1v) is 12.6. The maximum absolute atomic E-state index is 12.5. The number of piperazine rings is 1. The Hall–Kier alpha value is -4.42. The number of aromatic nitrogens is 4. The van der Waals surface area contributed by atoms with E-state index in [1.807, 2.05) is 32.9 Å². The first-order valence-electron chi connectivity index (χ1n) is 12.6. The fourth-order valence-electron chi connectivity index (χ4n) is 3.77. The molecule has 3 aromatic rings. The lowest BCUT2D eigenvalue weighted by molar-refractivity contribution is 0.0240. The quantitative estimate of drug-likeness (QED) is 0.498. The molecular weight excluding hydrogens is 504 g/mol. The maximum atomic E-state index is 12.5. The number of fused-ring (bicyclic) bond motifs is 1. The Morgan fingerprint density at radius 1 is 0.872 bits per heavy atom. The Balaban J connectivity index is 1.36. The number of anilines is 3. The lowest BCUT2D eigenvalue weighted by Crippen LogP contribution is -2.50. The van der Waals surface area contributed by atoms with E-state index >= 15 is 0 Å². The molecule has 0 aliphatic carbocycles. The normalized spacial score (nSPS) is 14.2. The highest BCUT2D eigenvalue weighted by atomic mass is 16.6. The van der Waals surface area contributed by atoms with Gasteiger partial charge in [0.2, 0.25) is 0 Å². The molecule has 13 nitrogen and oxygen atoms in total. The summed E-state index contributed by atoms with van der Waals surface area (Å²) in [6.45, 7) is 13.1. The zero-order chi connectivity index (χ0) is 28.4. The van der Waals surface area contributed by atoms with Crippen LogP contribution in [0.1, 0.15) is 41.5 Å². The predicted octanol–water partition coefficient (Wildman–Crippen LogP) is 4.31. The first-order chi connectivity index (χ1) is 18.3. The summed E-state index contributed by atoms with van der Waals surface area (Å²) >= 11 is 0. The summed E-state index contributed by atoms with van der Waals surface area (Å²) in [5, 5.41) is 10.0. The van der Waals surface area contributed by atoms with Crippen LogP contribution in [-0.4, -0.2) is 80.2 Å². The lowest BCUT2D eigenvalue weighted by Gasteiger charge is -2.36. The van der Waals surface area contributed by atoms with Crippen LogP contribution in [0.15, 0.2) is 36.8 Å². The van der Waals surface area contributed by atoms with Crippen LogP contribution in [0, 0.1) is 0 Å². The van der Waals surface area contributed by atoms with Gasteiger partial charge in [0, 0.05) is 43.8 Å². The average Bonchev–Trinajstić information content (AvgIpc) is 3.30. The molecule has 1 aliphatic rings. The van der Waals surface area contributed by atoms with Gasteiger partial charge in [-0.2, -0.15) is 9.78 Å². The van der Waals surface area contributed by atoms with Crippen molar-refractivity contribution in [1.29, 1.82) is 0 Å². The molecule has 0 saturated carbocycles. The summed E-state index contributed by atoms with van der Waals surface area (Å²) in [7, 11) is 0. The Morgan fingerprint density at radius 2 is 1.54 bits per heavy atom. The van der Waals surface area contributed by atoms with Gasteiger partial charge in [-0.25, -0.2) is 24.4 Å². The molecule has 3 amide bonds. The SMILES string of the molecule is CC(C)(C)OC(=O)N1CCN(c2ccc3cnc(NC(=O)Nc4cnn(C(=O)OC(C)(C)C)c4)cc3n2)CC1. The summed E-state index contributed by atoms with van der Waals surface area (Å²) in [6, 6.07) is 4.95. The van der Waals surface area contributed by atoms with E-state index in [-0.39, 0.29) is 6.09 Å². The fraction of sp³-hybridized carbons (Fsp3) is 0.462. The molecule has 1 saturated heterocycles. The highest BCUT2D eigenvalue weighted by Crippen LogP contribution is 2.22. The summed E-state index contributed by atoms with van der Waals surface area (Å²) in [4.78, 5) is 49.8. The molecule has 4 rings (SSSR count). The minimum Gasteiger partial charge on any atom is -0.444 e. The number of amides is 3. The fourth-order valence-corrected chi connectivity index (χ4v) is 3.77. The number of pyridine rings is 2. The number of carbonyl (C=O) groups excluding carboxylic acids is 3. The molecular formula is C26H34N8O5. The van der Waals surface area contributed by atoms with Gasteiger partial charge in [-0.3, -0.25) is 5.32 Å². The molecule has 1 aliphatic heterocycles. The van der Waals surface area contributed by atoms with Crippen LogP contribution >= 0.6 is 0 Å². The first kappa shape index (κ1) is 27.6. The van der Waals surface area contributed by atoms with E-state index in [2.05, 4.69) is 25.6 Å². The van der Waals surface area contributed by atoms with E-state index < -0.39 is 23.3 Å². The second-order valence-electron chi connectivity index (χ2n) is 11.1. The second-order valence-corrected chi connectivity index (χ2v) is 11.1. The number of nitrogens with one attached hydrogen (secondary N) is 2. The van der Waals surface area contributed by atoms with E-state index in [1.165, 1.54) is 12.4 Å². The third-order valence-corrected chi connectivity index (χ3v) is 5.48. The van der Waals surface area contributed by atoms with Gasteiger partial charge in [-0.05, 0) is 53.7 Å². The Labute approximate surface area is 226 Å². The van der Waals surface area contributed by atoms with Gasteiger partial charge in [0.05, 0.1) is 23.6 Å². The van der Waals surface area contributed by atoms with Gasteiger partial charge in [0.1, 0.15) is 22.8 Å². The van der Waals surface area contributed by atoms with Crippen LogP contribution in [0.25, 0.3) is 10.9 Å². The molecule has 39 heavy (non-hydrogen) atoms. The lowest BCUT2D eigenvalue weighted by atomic mass is 10.2. The average molecular weight is 539 g/mol. The number of hydrogen-bond acceptors (Lipinski definition) is 9. The van der Waals surface area contributed by atoms with Crippen molar-refractivity contribution in [1.82, 2.24) is 24.6 Å². The summed E-state index contributed by atoms with van der Waals surface area (Å²) in [5.74, 6) is 1.07. The van der Waals surface area contributed by atoms with Gasteiger partial charge >= 0.3 is 18.2 Å². The van der Waals surface area contributed by atoms with Crippen molar-refractivity contribution < 1.29 is 23.9 Å². The summed E-state index contributed by atoms with van der Waals surface area (Å²) in [5.41, 5.74) is -0.236. The van der Waals surface area contributed by atoms with Gasteiger partial charge in [0.15, 0.2) is 0 Å². The molecule has 0 spiro atoms. The van der Waals surface area contributed by atoms with Crippen LogP contribution < -0.4 is 15.5 Å². The summed E-state index contributed by atoms with van der Waals surface area (Å²) in [6.07, 6.45) is 3.36. The Morgan fingerprint density at radius 3 is 2.21 bits per heavy atom. The van der Waals surface area contributed by atoms with Crippen molar-refractivity contribution in [3.63, 3.8) is 0 Å². The van der Waals surface area contributed by atoms with Crippen LogP contribution in [-0.2, 0) is 9.47 Å². The minimum atomic E-state index is -0.669. The van der Waals surface area contributed by atoms with E-state index in [1.54, 1.807) is 37.9 Å².